The molecule has 3 aromatic rings. The lowest BCUT2D eigenvalue weighted by molar-refractivity contribution is -0.144. The SMILES string of the molecule is CN(C(=O)c1ccc(O)cc1O)c1ccc(C(=O)N2CC(C(=O)O)Oc3ccccc32)cc1. The van der Waals surface area contributed by atoms with Gasteiger partial charge in [-0.1, -0.05) is 12.1 Å². The molecule has 3 aromatic carbocycles. The Morgan fingerprint density at radius 2 is 1.70 bits per heavy atom. The van der Waals surface area contributed by atoms with Gasteiger partial charge in [0.2, 0.25) is 6.10 Å². The number of nitrogens with zero attached hydrogens (tertiary/aromatic N) is 2. The lowest BCUT2D eigenvalue weighted by atomic mass is 10.1. The molecule has 0 aromatic heterocycles. The number of anilines is 2. The van der Waals surface area contributed by atoms with Crippen molar-refractivity contribution in [1.82, 2.24) is 0 Å². The van der Waals surface area contributed by atoms with Crippen LogP contribution in [0.15, 0.2) is 66.7 Å². The molecule has 33 heavy (non-hydrogen) atoms. The van der Waals surface area contributed by atoms with Crippen molar-refractivity contribution in [3.63, 3.8) is 0 Å². The highest BCUT2D eigenvalue weighted by Gasteiger charge is 2.34. The zero-order valence-electron chi connectivity index (χ0n) is 17.5. The van der Waals surface area contributed by atoms with Crippen molar-refractivity contribution in [2.45, 2.75) is 6.10 Å². The molecule has 0 saturated heterocycles. The summed E-state index contributed by atoms with van der Waals surface area (Å²) in [5.41, 5.74) is 1.25. The van der Waals surface area contributed by atoms with E-state index in [0.29, 0.717) is 22.7 Å². The van der Waals surface area contributed by atoms with Crippen LogP contribution in [0.4, 0.5) is 11.4 Å². The van der Waals surface area contributed by atoms with Gasteiger partial charge >= 0.3 is 5.97 Å². The predicted molar refractivity (Wildman–Crippen MR) is 119 cm³/mol. The van der Waals surface area contributed by atoms with Crippen molar-refractivity contribution in [3.05, 3.63) is 77.9 Å². The summed E-state index contributed by atoms with van der Waals surface area (Å²) in [6.45, 7) is -0.147. The second-order valence-electron chi connectivity index (χ2n) is 7.44. The highest BCUT2D eigenvalue weighted by Crippen LogP contribution is 2.34. The molecule has 1 aliphatic heterocycles. The Morgan fingerprint density at radius 3 is 2.36 bits per heavy atom. The zero-order chi connectivity index (χ0) is 23.7. The first kappa shape index (κ1) is 21.7. The minimum absolute atomic E-state index is 0.0140. The van der Waals surface area contributed by atoms with Gasteiger partial charge in [-0.25, -0.2) is 4.79 Å². The van der Waals surface area contributed by atoms with E-state index < -0.39 is 23.9 Å². The predicted octanol–water partition coefficient (Wildman–Crippen LogP) is 2.87. The Morgan fingerprint density at radius 1 is 1.00 bits per heavy atom. The average Bonchev–Trinajstić information content (AvgIpc) is 2.82. The number of para-hydroxylation sites is 2. The normalized spacial score (nSPS) is 14.7. The van der Waals surface area contributed by atoms with Crippen LogP contribution in [0.25, 0.3) is 0 Å². The van der Waals surface area contributed by atoms with Gasteiger partial charge in [0.15, 0.2) is 0 Å². The number of aliphatic carboxylic acids is 1. The minimum Gasteiger partial charge on any atom is -0.508 e. The van der Waals surface area contributed by atoms with Crippen molar-refractivity contribution in [2.24, 2.45) is 0 Å². The molecule has 1 unspecified atom stereocenters. The molecule has 168 valence electrons. The van der Waals surface area contributed by atoms with E-state index >= 15 is 0 Å². The highest BCUT2D eigenvalue weighted by atomic mass is 16.5. The average molecular weight is 448 g/mol. The van der Waals surface area contributed by atoms with E-state index in [2.05, 4.69) is 0 Å². The Hall–Kier alpha value is -4.53. The third-order valence-corrected chi connectivity index (χ3v) is 5.31. The molecular weight excluding hydrogens is 428 g/mol. The summed E-state index contributed by atoms with van der Waals surface area (Å²) in [5, 5.41) is 28.7. The molecule has 0 aliphatic carbocycles. The number of carboxylic acid groups (broad SMARTS) is 1. The van der Waals surface area contributed by atoms with Crippen molar-refractivity contribution in [3.8, 4) is 17.2 Å². The topological polar surface area (TPSA) is 128 Å². The largest absolute Gasteiger partial charge is 0.508 e. The first-order valence-corrected chi connectivity index (χ1v) is 9.96. The second kappa shape index (κ2) is 8.54. The Bertz CT molecular complexity index is 1240. The van der Waals surface area contributed by atoms with Gasteiger partial charge in [0.05, 0.1) is 17.8 Å². The monoisotopic (exact) mass is 448 g/mol. The molecule has 0 bridgehead atoms. The number of carbonyl (C=O) groups is 3. The fourth-order valence-corrected chi connectivity index (χ4v) is 3.54. The lowest BCUT2D eigenvalue weighted by Gasteiger charge is -2.33. The van der Waals surface area contributed by atoms with E-state index in [9.17, 15) is 29.7 Å². The molecule has 0 saturated carbocycles. The summed E-state index contributed by atoms with van der Waals surface area (Å²) in [5.74, 6) is -2.29. The molecule has 2 amide bonds. The van der Waals surface area contributed by atoms with Crippen molar-refractivity contribution >= 4 is 29.2 Å². The number of aromatic hydroxyl groups is 2. The van der Waals surface area contributed by atoms with Crippen molar-refractivity contribution < 1.29 is 34.4 Å². The third-order valence-electron chi connectivity index (χ3n) is 5.31. The Labute approximate surface area is 188 Å². The van der Waals surface area contributed by atoms with Crippen LogP contribution in [-0.2, 0) is 4.79 Å². The van der Waals surface area contributed by atoms with Gasteiger partial charge in [-0.15, -0.1) is 0 Å². The summed E-state index contributed by atoms with van der Waals surface area (Å²) in [6, 6.07) is 16.6. The number of rotatable bonds is 4. The van der Waals surface area contributed by atoms with Crippen LogP contribution >= 0.6 is 0 Å². The van der Waals surface area contributed by atoms with E-state index in [0.717, 1.165) is 6.07 Å². The molecule has 9 nitrogen and oxygen atoms in total. The maximum Gasteiger partial charge on any atom is 0.346 e. The molecule has 0 radical (unpaired) electrons. The summed E-state index contributed by atoms with van der Waals surface area (Å²) in [4.78, 5) is 40.0. The first-order valence-electron chi connectivity index (χ1n) is 9.96. The smallest absolute Gasteiger partial charge is 0.346 e. The van der Waals surface area contributed by atoms with Crippen LogP contribution < -0.4 is 14.5 Å². The number of hydrogen-bond acceptors (Lipinski definition) is 6. The third kappa shape index (κ3) is 4.16. The van der Waals surface area contributed by atoms with Crippen LogP contribution in [0.3, 0.4) is 0 Å². The summed E-state index contributed by atoms with van der Waals surface area (Å²) in [6.07, 6.45) is -1.19. The molecule has 0 spiro atoms. The van der Waals surface area contributed by atoms with Crippen molar-refractivity contribution in [1.29, 1.82) is 0 Å². The molecule has 1 atom stereocenters. The lowest BCUT2D eigenvalue weighted by Crippen LogP contribution is -2.47. The first-order chi connectivity index (χ1) is 15.8. The summed E-state index contributed by atoms with van der Waals surface area (Å²) < 4.78 is 5.47. The standard InChI is InChI=1S/C24H20N2O7/c1-25(23(30)17-11-10-16(27)12-19(17)28)15-8-6-14(7-9-15)22(29)26-13-21(24(31)32)33-20-5-3-2-4-18(20)26/h2-12,21,27-28H,13H2,1H3,(H,31,32). The Kier molecular flexibility index (Phi) is 5.61. The van der Waals surface area contributed by atoms with Crippen LogP contribution in [0.2, 0.25) is 0 Å². The highest BCUT2D eigenvalue weighted by molar-refractivity contribution is 6.09. The zero-order valence-corrected chi connectivity index (χ0v) is 17.5. The van der Waals surface area contributed by atoms with Crippen LogP contribution in [0.1, 0.15) is 20.7 Å². The van der Waals surface area contributed by atoms with E-state index in [4.69, 9.17) is 4.74 Å². The van der Waals surface area contributed by atoms with Crippen molar-refractivity contribution in [2.75, 3.05) is 23.4 Å². The summed E-state index contributed by atoms with van der Waals surface area (Å²) >= 11 is 0. The minimum atomic E-state index is -1.19. The van der Waals surface area contributed by atoms with Gasteiger partial charge in [0.1, 0.15) is 17.2 Å². The molecule has 4 rings (SSSR count). The number of hydrogen-bond donors (Lipinski definition) is 3. The van der Waals surface area contributed by atoms with Crippen LogP contribution in [-0.4, -0.2) is 52.8 Å². The maximum absolute atomic E-state index is 13.2. The number of phenolic OH excluding ortho intramolecular Hbond substituents is 2. The molecular formula is C24H20N2O7. The van der Waals surface area contributed by atoms with Gasteiger partial charge in [0, 0.05) is 24.4 Å². The van der Waals surface area contributed by atoms with Gasteiger partial charge in [-0.05, 0) is 48.5 Å². The van der Waals surface area contributed by atoms with E-state index in [1.54, 1.807) is 36.4 Å². The number of fused-ring (bicyclic) bond motifs is 1. The van der Waals surface area contributed by atoms with E-state index in [1.165, 1.54) is 41.1 Å². The molecule has 3 N–H and O–H groups in total. The van der Waals surface area contributed by atoms with E-state index in [1.807, 2.05) is 0 Å². The molecule has 1 aliphatic rings. The second-order valence-corrected chi connectivity index (χ2v) is 7.44. The summed E-state index contributed by atoms with van der Waals surface area (Å²) in [7, 11) is 1.52. The number of carbonyl (C=O) groups excluding carboxylic acids is 2. The maximum atomic E-state index is 13.2. The van der Waals surface area contributed by atoms with Gasteiger partial charge < -0.3 is 29.9 Å². The van der Waals surface area contributed by atoms with Gasteiger partial charge in [0.25, 0.3) is 11.8 Å². The fraction of sp³-hybridized carbons (Fsp3) is 0.125. The number of ether oxygens (including phenoxy) is 1. The fourth-order valence-electron chi connectivity index (χ4n) is 3.54. The molecule has 9 heteroatoms. The van der Waals surface area contributed by atoms with Crippen LogP contribution in [0, 0.1) is 0 Å². The molecule has 1 heterocycles. The van der Waals surface area contributed by atoms with Gasteiger partial charge in [-0.2, -0.15) is 0 Å². The van der Waals surface area contributed by atoms with E-state index in [-0.39, 0.29) is 23.6 Å². The van der Waals surface area contributed by atoms with Crippen LogP contribution in [0.5, 0.6) is 17.2 Å². The number of amides is 2. The number of benzene rings is 3. The number of carboxylic acids is 1. The van der Waals surface area contributed by atoms with Gasteiger partial charge in [-0.3, -0.25) is 9.59 Å². The Balaban J connectivity index is 1.57. The number of phenols is 2. The quantitative estimate of drug-likeness (QED) is 0.560. The molecule has 0 fully saturated rings.